The lowest BCUT2D eigenvalue weighted by atomic mass is 10.0. The van der Waals surface area contributed by atoms with Gasteiger partial charge >= 0.3 is 0 Å². The molecule has 0 aliphatic carbocycles. The van der Waals surface area contributed by atoms with Gasteiger partial charge in [-0.3, -0.25) is 0 Å². The van der Waals surface area contributed by atoms with Gasteiger partial charge < -0.3 is 5.73 Å². The van der Waals surface area contributed by atoms with Crippen LogP contribution in [0.5, 0.6) is 0 Å². The van der Waals surface area contributed by atoms with E-state index in [2.05, 4.69) is 41.9 Å². The van der Waals surface area contributed by atoms with Gasteiger partial charge in [-0.15, -0.1) is 12.4 Å². The lowest BCUT2D eigenvalue weighted by Gasteiger charge is -2.12. The van der Waals surface area contributed by atoms with Crippen molar-refractivity contribution in [1.29, 1.82) is 0 Å². The Labute approximate surface area is 94.3 Å². The predicted octanol–water partition coefficient (Wildman–Crippen LogP) is 3.59. The van der Waals surface area contributed by atoms with Crippen LogP contribution < -0.4 is 5.73 Å². The molecule has 0 unspecified atom stereocenters. The maximum Gasteiger partial charge on any atom is 0.0295 e. The number of aryl methyl sites for hydroxylation is 1. The fraction of sp³-hybridized carbons (Fsp3) is 0.400. The van der Waals surface area contributed by atoms with Crippen molar-refractivity contribution in [3.63, 3.8) is 0 Å². The summed E-state index contributed by atoms with van der Waals surface area (Å²) in [7, 11) is 0. The summed E-state index contributed by atoms with van der Waals surface area (Å²) in [6.07, 6.45) is 0.983. The van der Waals surface area contributed by atoms with Gasteiger partial charge in [-0.05, 0) is 36.6 Å². The molecule has 0 saturated carbocycles. The Kier molecular flexibility index (Phi) is 5.61. The maximum absolute atomic E-state index is 5.94. The summed E-state index contributed by atoms with van der Waals surface area (Å²) in [5.41, 5.74) is 8.46. The third kappa shape index (κ3) is 3.29. The molecule has 1 atom stereocenters. The Morgan fingerprint density at radius 1 is 1.46 bits per heavy atom. The third-order valence-electron chi connectivity index (χ3n) is 2.08. The van der Waals surface area contributed by atoms with Crippen molar-refractivity contribution in [3.8, 4) is 0 Å². The monoisotopic (exact) mass is 263 g/mol. The van der Waals surface area contributed by atoms with Crippen LogP contribution in [-0.2, 0) is 0 Å². The lowest BCUT2D eigenvalue weighted by molar-refractivity contribution is 0.693. The molecule has 0 saturated heterocycles. The first-order chi connectivity index (χ1) is 5.65. The van der Waals surface area contributed by atoms with Gasteiger partial charge in [0, 0.05) is 10.5 Å². The number of halogens is 2. The highest BCUT2D eigenvalue weighted by molar-refractivity contribution is 9.10. The van der Waals surface area contributed by atoms with Crippen molar-refractivity contribution < 1.29 is 0 Å². The van der Waals surface area contributed by atoms with Gasteiger partial charge in [0.05, 0.1) is 0 Å². The summed E-state index contributed by atoms with van der Waals surface area (Å²) in [5.74, 6) is 0. The van der Waals surface area contributed by atoms with Gasteiger partial charge in [0.25, 0.3) is 0 Å². The molecule has 1 aromatic rings. The van der Waals surface area contributed by atoms with Crippen molar-refractivity contribution >= 4 is 28.3 Å². The van der Waals surface area contributed by atoms with Crippen molar-refractivity contribution in [2.75, 3.05) is 0 Å². The van der Waals surface area contributed by atoms with Crippen LogP contribution in [0.15, 0.2) is 22.7 Å². The summed E-state index contributed by atoms with van der Waals surface area (Å²) in [5, 5.41) is 0. The third-order valence-corrected chi connectivity index (χ3v) is 2.57. The molecule has 0 heterocycles. The van der Waals surface area contributed by atoms with E-state index < -0.39 is 0 Å². The first-order valence-electron chi connectivity index (χ1n) is 4.16. The van der Waals surface area contributed by atoms with Gasteiger partial charge in [-0.1, -0.05) is 28.9 Å². The lowest BCUT2D eigenvalue weighted by Crippen LogP contribution is -2.10. The number of hydrogen-bond donors (Lipinski definition) is 1. The summed E-state index contributed by atoms with van der Waals surface area (Å²) in [4.78, 5) is 0. The molecular formula is C10H15BrClN. The van der Waals surface area contributed by atoms with E-state index in [1.807, 2.05) is 6.07 Å². The topological polar surface area (TPSA) is 26.0 Å². The average molecular weight is 265 g/mol. The molecule has 1 aromatic carbocycles. The zero-order valence-corrected chi connectivity index (χ0v) is 10.3. The van der Waals surface area contributed by atoms with E-state index >= 15 is 0 Å². The van der Waals surface area contributed by atoms with Gasteiger partial charge in [0.2, 0.25) is 0 Å². The predicted molar refractivity (Wildman–Crippen MR) is 63.3 cm³/mol. The normalized spacial score (nSPS) is 12.0. The molecule has 2 N–H and O–H groups in total. The van der Waals surface area contributed by atoms with E-state index in [0.717, 1.165) is 10.9 Å². The Morgan fingerprint density at radius 3 is 2.62 bits per heavy atom. The summed E-state index contributed by atoms with van der Waals surface area (Å²) in [6.45, 7) is 4.20. The van der Waals surface area contributed by atoms with Crippen LogP contribution >= 0.6 is 28.3 Å². The first-order valence-corrected chi connectivity index (χ1v) is 4.96. The van der Waals surface area contributed by atoms with E-state index in [4.69, 9.17) is 5.73 Å². The SMILES string of the molecule is CC[C@@H](N)c1cc(Br)ccc1C.Cl. The minimum absolute atomic E-state index is 0. The molecule has 0 fully saturated rings. The minimum atomic E-state index is 0. The van der Waals surface area contributed by atoms with E-state index in [0.29, 0.717) is 0 Å². The standard InChI is InChI=1S/C10H14BrN.ClH/c1-3-10(12)9-6-8(11)5-4-7(9)2;/h4-6,10H,3,12H2,1-2H3;1H/t10-;/m1./s1. The molecule has 0 aliphatic rings. The molecule has 3 heteroatoms. The second-order valence-electron chi connectivity index (χ2n) is 3.02. The van der Waals surface area contributed by atoms with Crippen LogP contribution in [-0.4, -0.2) is 0 Å². The molecule has 0 aliphatic heterocycles. The molecule has 13 heavy (non-hydrogen) atoms. The summed E-state index contributed by atoms with van der Waals surface area (Å²) in [6, 6.07) is 6.40. The fourth-order valence-electron chi connectivity index (χ4n) is 1.23. The number of hydrogen-bond acceptors (Lipinski definition) is 1. The Morgan fingerprint density at radius 2 is 2.08 bits per heavy atom. The fourth-order valence-corrected chi connectivity index (χ4v) is 1.61. The molecule has 0 spiro atoms. The molecule has 0 aromatic heterocycles. The minimum Gasteiger partial charge on any atom is -0.324 e. The van der Waals surface area contributed by atoms with E-state index in [9.17, 15) is 0 Å². The van der Waals surface area contributed by atoms with Crippen LogP contribution in [0.2, 0.25) is 0 Å². The van der Waals surface area contributed by atoms with Crippen molar-refractivity contribution in [3.05, 3.63) is 33.8 Å². The van der Waals surface area contributed by atoms with Crippen molar-refractivity contribution in [1.82, 2.24) is 0 Å². The molecule has 1 nitrogen and oxygen atoms in total. The average Bonchev–Trinajstić information content (AvgIpc) is 2.08. The smallest absolute Gasteiger partial charge is 0.0295 e. The van der Waals surface area contributed by atoms with Gasteiger partial charge in [0.15, 0.2) is 0 Å². The van der Waals surface area contributed by atoms with Crippen LogP contribution in [0.1, 0.15) is 30.5 Å². The van der Waals surface area contributed by atoms with E-state index in [1.54, 1.807) is 0 Å². The quantitative estimate of drug-likeness (QED) is 0.868. The van der Waals surface area contributed by atoms with Crippen molar-refractivity contribution in [2.24, 2.45) is 5.73 Å². The van der Waals surface area contributed by atoms with Gasteiger partial charge in [-0.25, -0.2) is 0 Å². The van der Waals surface area contributed by atoms with Crippen LogP contribution in [0.4, 0.5) is 0 Å². The van der Waals surface area contributed by atoms with E-state index in [1.165, 1.54) is 11.1 Å². The van der Waals surface area contributed by atoms with Crippen LogP contribution in [0.25, 0.3) is 0 Å². The Balaban J connectivity index is 0.00000144. The highest BCUT2D eigenvalue weighted by atomic mass is 79.9. The molecule has 1 rings (SSSR count). The largest absolute Gasteiger partial charge is 0.324 e. The highest BCUT2D eigenvalue weighted by Crippen LogP contribution is 2.22. The number of nitrogens with two attached hydrogens (primary N) is 1. The molecule has 0 bridgehead atoms. The summed E-state index contributed by atoms with van der Waals surface area (Å²) < 4.78 is 1.10. The first kappa shape index (κ1) is 12.9. The summed E-state index contributed by atoms with van der Waals surface area (Å²) >= 11 is 3.44. The number of benzene rings is 1. The highest BCUT2D eigenvalue weighted by Gasteiger charge is 2.06. The van der Waals surface area contributed by atoms with Gasteiger partial charge in [-0.2, -0.15) is 0 Å². The zero-order valence-electron chi connectivity index (χ0n) is 7.88. The van der Waals surface area contributed by atoms with Crippen molar-refractivity contribution in [2.45, 2.75) is 26.3 Å². The van der Waals surface area contributed by atoms with Gasteiger partial charge in [0.1, 0.15) is 0 Å². The maximum atomic E-state index is 5.94. The second-order valence-corrected chi connectivity index (χ2v) is 3.93. The van der Waals surface area contributed by atoms with E-state index in [-0.39, 0.29) is 18.4 Å². The van der Waals surface area contributed by atoms with Crippen LogP contribution in [0, 0.1) is 6.92 Å². The second kappa shape index (κ2) is 5.63. The molecule has 74 valence electrons. The van der Waals surface area contributed by atoms with Crippen LogP contribution in [0.3, 0.4) is 0 Å². The number of rotatable bonds is 2. The zero-order chi connectivity index (χ0) is 9.14. The molecular weight excluding hydrogens is 249 g/mol. The molecule has 0 amide bonds. The molecule has 0 radical (unpaired) electrons. The Bertz CT molecular complexity index is 276. The Hall–Kier alpha value is -0.0500.